The van der Waals surface area contributed by atoms with E-state index in [1.54, 1.807) is 0 Å². The molecule has 0 rings (SSSR count). The van der Waals surface area contributed by atoms with E-state index in [2.05, 4.69) is 17.9 Å². The fourth-order valence-electron chi connectivity index (χ4n) is 1.26. The number of esters is 1. The summed E-state index contributed by atoms with van der Waals surface area (Å²) in [6.45, 7) is 6.14. The van der Waals surface area contributed by atoms with Gasteiger partial charge in [-0.25, -0.2) is 0 Å². The van der Waals surface area contributed by atoms with Crippen LogP contribution in [-0.4, -0.2) is 36.3 Å². The number of hydrogen-bond acceptors (Lipinski definition) is 6. The standard InChI is InChI=1S/C10H14O7S.Na/c1-3-5-10(7-8(11)12,18(14,15)16)9(13)17-6-4-2;/h3-4H,1-2,5-7H2,(H,11,12)(H,14,15,16);/q;+1/p-1. The fourth-order valence-corrected chi connectivity index (χ4v) is 2.16. The Morgan fingerprint density at radius 1 is 1.32 bits per heavy atom. The first-order valence-electron chi connectivity index (χ1n) is 4.77. The summed E-state index contributed by atoms with van der Waals surface area (Å²) in [7, 11) is -5.01. The van der Waals surface area contributed by atoms with Crippen LogP contribution in [0.15, 0.2) is 25.3 Å². The molecule has 0 amide bonds. The number of aliphatic carboxylic acids is 1. The Hall–Kier alpha value is -0.670. The first-order valence-corrected chi connectivity index (χ1v) is 6.21. The number of rotatable bonds is 8. The van der Waals surface area contributed by atoms with Crippen molar-refractivity contribution in [3.63, 3.8) is 0 Å². The van der Waals surface area contributed by atoms with Crippen LogP contribution in [0.5, 0.6) is 0 Å². The minimum absolute atomic E-state index is 0. The minimum atomic E-state index is -5.01. The van der Waals surface area contributed by atoms with Crippen LogP contribution in [0.2, 0.25) is 0 Å². The quantitative estimate of drug-likeness (QED) is 0.210. The second kappa shape index (κ2) is 8.49. The van der Waals surface area contributed by atoms with E-state index in [0.29, 0.717) is 0 Å². The topological polar surface area (TPSA) is 121 Å². The second-order valence-electron chi connectivity index (χ2n) is 3.40. The Labute approximate surface area is 133 Å². The van der Waals surface area contributed by atoms with Gasteiger partial charge in [-0.05, 0) is 6.42 Å². The van der Waals surface area contributed by atoms with E-state index in [9.17, 15) is 23.1 Å². The van der Waals surface area contributed by atoms with Gasteiger partial charge in [-0.2, -0.15) is 8.42 Å². The number of ether oxygens (including phenoxy) is 1. The molecule has 0 aliphatic carbocycles. The van der Waals surface area contributed by atoms with Crippen LogP contribution >= 0.6 is 0 Å². The van der Waals surface area contributed by atoms with Crippen LogP contribution in [-0.2, 0) is 24.4 Å². The van der Waals surface area contributed by atoms with Gasteiger partial charge in [0.05, 0.1) is 0 Å². The van der Waals surface area contributed by atoms with Crippen molar-refractivity contribution >= 4 is 22.1 Å². The molecule has 0 radical (unpaired) electrons. The zero-order valence-corrected chi connectivity index (χ0v) is 13.3. The van der Waals surface area contributed by atoms with Gasteiger partial charge in [0.15, 0.2) is 0 Å². The first-order chi connectivity index (χ1) is 8.21. The number of carboxylic acids is 1. The predicted octanol–water partition coefficient (Wildman–Crippen LogP) is -3.94. The van der Waals surface area contributed by atoms with E-state index < -0.39 is 39.6 Å². The summed E-state index contributed by atoms with van der Waals surface area (Å²) >= 11 is 0. The van der Waals surface area contributed by atoms with Crippen LogP contribution in [0.4, 0.5) is 0 Å². The molecule has 1 atom stereocenters. The minimum Gasteiger partial charge on any atom is -0.550 e. The predicted molar refractivity (Wildman–Crippen MR) is 59.9 cm³/mol. The summed E-state index contributed by atoms with van der Waals surface area (Å²) in [5.74, 6) is -3.21. The molecule has 7 nitrogen and oxygen atoms in total. The Morgan fingerprint density at radius 2 is 1.84 bits per heavy atom. The van der Waals surface area contributed by atoms with Gasteiger partial charge in [0, 0.05) is 12.4 Å². The van der Waals surface area contributed by atoms with Crippen LogP contribution in [0.3, 0.4) is 0 Å². The summed E-state index contributed by atoms with van der Waals surface area (Å²) in [5, 5.41) is 10.6. The molecule has 0 heterocycles. The molecule has 0 bridgehead atoms. The summed E-state index contributed by atoms with van der Waals surface area (Å²) < 4.78 is 33.5. The van der Waals surface area contributed by atoms with Crippen molar-refractivity contribution in [3.05, 3.63) is 25.3 Å². The summed E-state index contributed by atoms with van der Waals surface area (Å²) in [4.78, 5) is 22.2. The van der Waals surface area contributed by atoms with Gasteiger partial charge < -0.3 is 14.6 Å². The van der Waals surface area contributed by atoms with E-state index in [1.165, 1.54) is 6.08 Å². The summed E-state index contributed by atoms with van der Waals surface area (Å²) in [6, 6.07) is 0. The molecular formula is C10H13NaO7S. The van der Waals surface area contributed by atoms with Gasteiger partial charge in [0.25, 0.3) is 10.1 Å². The van der Waals surface area contributed by atoms with Gasteiger partial charge in [-0.15, -0.1) is 6.58 Å². The van der Waals surface area contributed by atoms with Gasteiger partial charge in [-0.3, -0.25) is 9.35 Å². The number of hydrogen-bond donors (Lipinski definition) is 1. The smallest absolute Gasteiger partial charge is 0.550 e. The van der Waals surface area contributed by atoms with E-state index in [0.717, 1.165) is 6.08 Å². The van der Waals surface area contributed by atoms with Crippen molar-refractivity contribution in [2.24, 2.45) is 0 Å². The average Bonchev–Trinajstić information content (AvgIpc) is 2.22. The Morgan fingerprint density at radius 3 is 2.16 bits per heavy atom. The van der Waals surface area contributed by atoms with Crippen LogP contribution in [0, 0.1) is 0 Å². The van der Waals surface area contributed by atoms with E-state index in [4.69, 9.17) is 4.55 Å². The normalized spacial score (nSPS) is 13.5. The molecular weight excluding hydrogens is 287 g/mol. The molecule has 0 aromatic rings. The molecule has 0 aliphatic heterocycles. The summed E-state index contributed by atoms with van der Waals surface area (Å²) in [5.41, 5.74) is 0. The molecule has 0 aromatic heterocycles. The maximum atomic E-state index is 11.6. The van der Waals surface area contributed by atoms with Crippen LogP contribution in [0.1, 0.15) is 12.8 Å². The molecule has 0 saturated heterocycles. The van der Waals surface area contributed by atoms with Crippen molar-refractivity contribution in [1.82, 2.24) is 0 Å². The molecule has 0 fully saturated rings. The average molecular weight is 300 g/mol. The second-order valence-corrected chi connectivity index (χ2v) is 5.13. The molecule has 19 heavy (non-hydrogen) atoms. The van der Waals surface area contributed by atoms with Gasteiger partial charge >= 0.3 is 35.5 Å². The Kier molecular flexibility index (Phi) is 9.23. The van der Waals surface area contributed by atoms with Crippen LogP contribution < -0.4 is 34.7 Å². The third kappa shape index (κ3) is 5.45. The fraction of sp³-hybridized carbons (Fsp3) is 0.400. The molecule has 1 unspecified atom stereocenters. The van der Waals surface area contributed by atoms with Crippen molar-refractivity contribution < 1.29 is 62.0 Å². The van der Waals surface area contributed by atoms with Gasteiger partial charge in [0.1, 0.15) is 6.61 Å². The van der Waals surface area contributed by atoms with Crippen molar-refractivity contribution in [1.29, 1.82) is 0 Å². The third-order valence-corrected chi connectivity index (χ3v) is 3.57. The number of allylic oxidation sites excluding steroid dienone is 1. The zero-order valence-electron chi connectivity index (χ0n) is 10.5. The largest absolute Gasteiger partial charge is 1.00 e. The maximum absolute atomic E-state index is 11.6. The molecule has 9 heteroatoms. The Balaban J connectivity index is 0. The van der Waals surface area contributed by atoms with Gasteiger partial charge in [0.2, 0.25) is 4.75 Å². The first kappa shape index (κ1) is 20.6. The molecule has 102 valence electrons. The SMILES string of the molecule is C=CCOC(=O)C(CC=C)(CC(=O)[O-])S(=O)(=O)O.[Na+]. The van der Waals surface area contributed by atoms with Crippen molar-refractivity contribution in [2.45, 2.75) is 17.6 Å². The summed E-state index contributed by atoms with van der Waals surface area (Å²) in [6.07, 6.45) is 0.315. The zero-order chi connectivity index (χ0) is 14.4. The number of carboxylic acid groups (broad SMARTS) is 1. The van der Waals surface area contributed by atoms with Crippen LogP contribution in [0.25, 0.3) is 0 Å². The number of carbonyl (C=O) groups is 2. The molecule has 0 saturated carbocycles. The van der Waals surface area contributed by atoms with Crippen molar-refractivity contribution in [2.75, 3.05) is 6.61 Å². The Bertz CT molecular complexity index is 456. The molecule has 0 aliphatic rings. The molecule has 0 aromatic carbocycles. The number of carbonyl (C=O) groups excluding carboxylic acids is 2. The van der Waals surface area contributed by atoms with Crippen molar-refractivity contribution in [3.8, 4) is 0 Å². The van der Waals surface area contributed by atoms with Gasteiger partial charge in [-0.1, -0.05) is 18.7 Å². The third-order valence-electron chi connectivity index (χ3n) is 2.10. The van der Waals surface area contributed by atoms with E-state index in [-0.39, 0.29) is 36.2 Å². The molecule has 0 spiro atoms. The molecule has 1 N–H and O–H groups in total. The van der Waals surface area contributed by atoms with E-state index >= 15 is 0 Å². The van der Waals surface area contributed by atoms with E-state index in [1.807, 2.05) is 0 Å². The maximum Gasteiger partial charge on any atom is 1.00 e. The monoisotopic (exact) mass is 300 g/mol.